The molecule has 3 N–H and O–H groups in total. The van der Waals surface area contributed by atoms with Gasteiger partial charge < -0.3 is 15.7 Å². The predicted molar refractivity (Wildman–Crippen MR) is 168 cm³/mol. The lowest BCUT2D eigenvalue weighted by molar-refractivity contribution is -0.120. The molecule has 1 atom stereocenters. The Morgan fingerprint density at radius 2 is 1.36 bits per heavy atom. The van der Waals surface area contributed by atoms with Crippen molar-refractivity contribution in [3.05, 3.63) is 90.6 Å². The number of nitrogens with one attached hydrogen (secondary N) is 2. The molecule has 0 bridgehead atoms. The highest BCUT2D eigenvalue weighted by Gasteiger charge is 2.16. The van der Waals surface area contributed by atoms with E-state index in [4.69, 9.17) is 0 Å². The first kappa shape index (κ1) is 34.0. The molecular weight excluding hydrogens is 504 g/mol. The van der Waals surface area contributed by atoms with Gasteiger partial charge in [-0.15, -0.1) is 11.8 Å². The highest BCUT2D eigenvalue weighted by Crippen LogP contribution is 2.17. The Hall–Kier alpha value is -2.99. The third kappa shape index (κ3) is 18.0. The number of unbranched alkanes of at least 4 members (excludes halogenated alkanes) is 2. The normalized spacial score (nSPS) is 12.9. The number of para-hydroxylation sites is 1. The zero-order valence-electron chi connectivity index (χ0n) is 23.8. The van der Waals surface area contributed by atoms with Crippen molar-refractivity contribution in [3.8, 4) is 5.75 Å². The van der Waals surface area contributed by atoms with Crippen LogP contribution in [0.2, 0.25) is 0 Å². The number of carbonyl (C=O) groups is 2. The first-order valence-electron chi connectivity index (χ1n) is 14.3. The van der Waals surface area contributed by atoms with Crippen LogP contribution < -0.4 is 10.6 Å². The van der Waals surface area contributed by atoms with Crippen LogP contribution in [0.3, 0.4) is 0 Å². The number of hydrogen-bond donors (Lipinski definition) is 3. The number of rotatable bonds is 21. The molecule has 0 aliphatic rings. The van der Waals surface area contributed by atoms with Crippen LogP contribution in [-0.2, 0) is 4.79 Å². The summed E-state index contributed by atoms with van der Waals surface area (Å²) in [5.41, 5.74) is 0.232. The molecule has 1 aromatic rings. The number of thioether (sulfide) groups is 1. The molecule has 0 saturated heterocycles. The molecule has 0 spiro atoms. The largest absolute Gasteiger partial charge is 0.507 e. The molecule has 0 radical (unpaired) electrons. The molecule has 0 aromatic heterocycles. The molecule has 1 aromatic carbocycles. The van der Waals surface area contributed by atoms with Gasteiger partial charge in [0.1, 0.15) is 5.75 Å². The summed E-state index contributed by atoms with van der Waals surface area (Å²) < 4.78 is 0. The van der Waals surface area contributed by atoms with Gasteiger partial charge in [-0.2, -0.15) is 0 Å². The molecule has 0 fully saturated rings. The van der Waals surface area contributed by atoms with E-state index >= 15 is 0 Å². The summed E-state index contributed by atoms with van der Waals surface area (Å²) in [4.78, 5) is 24.6. The molecule has 214 valence electrons. The van der Waals surface area contributed by atoms with Gasteiger partial charge in [0.05, 0.1) is 10.8 Å². The van der Waals surface area contributed by atoms with Crippen LogP contribution in [0.1, 0.15) is 82.0 Å². The van der Waals surface area contributed by atoms with Crippen LogP contribution in [0.25, 0.3) is 0 Å². The summed E-state index contributed by atoms with van der Waals surface area (Å²) in [6, 6.07) is 6.40. The zero-order valence-corrected chi connectivity index (χ0v) is 24.6. The fraction of sp³-hybridized carbons (Fsp3) is 0.455. The number of amides is 2. The maximum atomic E-state index is 12.5. The van der Waals surface area contributed by atoms with Crippen molar-refractivity contribution in [1.82, 2.24) is 10.6 Å². The Bertz CT molecular complexity index is 950. The van der Waals surface area contributed by atoms with E-state index in [2.05, 4.69) is 78.3 Å². The number of benzene rings is 1. The minimum absolute atomic E-state index is 0.0112. The molecule has 0 aliphatic carbocycles. The van der Waals surface area contributed by atoms with Gasteiger partial charge in [-0.1, -0.05) is 86.7 Å². The first-order valence-corrected chi connectivity index (χ1v) is 15.3. The third-order valence-electron chi connectivity index (χ3n) is 5.76. The summed E-state index contributed by atoms with van der Waals surface area (Å²) >= 11 is 1.70. The second-order valence-electron chi connectivity index (χ2n) is 9.04. The Morgan fingerprint density at radius 1 is 0.795 bits per heavy atom. The third-order valence-corrected chi connectivity index (χ3v) is 7.24. The van der Waals surface area contributed by atoms with Crippen molar-refractivity contribution in [2.75, 3.05) is 18.8 Å². The maximum absolute atomic E-state index is 12.5. The summed E-state index contributed by atoms with van der Waals surface area (Å²) in [7, 11) is 0. The van der Waals surface area contributed by atoms with Crippen molar-refractivity contribution >= 4 is 23.6 Å². The lowest BCUT2D eigenvalue weighted by Gasteiger charge is -2.15. The van der Waals surface area contributed by atoms with E-state index in [0.29, 0.717) is 13.1 Å². The first-order chi connectivity index (χ1) is 19.1. The van der Waals surface area contributed by atoms with Gasteiger partial charge in [-0.25, -0.2) is 0 Å². The molecule has 6 heteroatoms. The zero-order chi connectivity index (χ0) is 28.4. The van der Waals surface area contributed by atoms with Crippen LogP contribution in [-0.4, -0.2) is 41.0 Å². The van der Waals surface area contributed by atoms with E-state index < -0.39 is 0 Å². The maximum Gasteiger partial charge on any atom is 0.255 e. The standard InChI is InChI=1S/C33H48N2O3S/c1-3-5-6-7-8-9-10-11-12-13-14-15-16-17-18-19-20-23-28-39-31(4-2)33(38)35-27-26-34-32(37)29-24-21-22-25-30(29)36/h5-6,8-9,11-12,14-15,17-18,21-22,24-25,31,36H,3-4,7,10,13,16,19-20,23,26-28H2,1-2H3,(H,34,37)(H,35,38)/b6-5-,9-8-,12-11-,15-14-,18-17-/t31-/m0/s1. The fourth-order valence-electron chi connectivity index (χ4n) is 3.57. The smallest absolute Gasteiger partial charge is 0.255 e. The Balaban J connectivity index is 2.05. The van der Waals surface area contributed by atoms with Crippen LogP contribution in [0.4, 0.5) is 0 Å². The van der Waals surface area contributed by atoms with Crippen molar-refractivity contribution in [1.29, 1.82) is 0 Å². The molecule has 5 nitrogen and oxygen atoms in total. The topological polar surface area (TPSA) is 78.4 Å². The monoisotopic (exact) mass is 552 g/mol. The summed E-state index contributed by atoms with van der Waals surface area (Å²) in [6.07, 6.45) is 31.3. The van der Waals surface area contributed by atoms with Crippen molar-refractivity contribution in [2.24, 2.45) is 0 Å². The molecule has 0 heterocycles. The summed E-state index contributed by atoms with van der Waals surface area (Å²) in [5.74, 6) is 0.567. The van der Waals surface area contributed by atoms with Crippen LogP contribution in [0.15, 0.2) is 85.0 Å². The SMILES string of the molecule is CC/C=C\C/C=C\C/C=C\C/C=C\C/C=C\CCCCS[C@@H](CC)C(=O)NCCNC(=O)c1ccccc1O. The highest BCUT2D eigenvalue weighted by molar-refractivity contribution is 8.00. The number of allylic oxidation sites excluding steroid dienone is 10. The van der Waals surface area contributed by atoms with E-state index in [1.807, 2.05) is 6.92 Å². The molecule has 1 rings (SSSR count). The molecule has 0 saturated carbocycles. The van der Waals surface area contributed by atoms with Gasteiger partial charge >= 0.3 is 0 Å². The second-order valence-corrected chi connectivity index (χ2v) is 10.3. The number of phenolic OH excluding ortho intramolecular Hbond substituents is 1. The van der Waals surface area contributed by atoms with Gasteiger partial charge in [-0.05, 0) is 75.7 Å². The Labute approximate surface area is 240 Å². The van der Waals surface area contributed by atoms with Gasteiger partial charge in [0, 0.05) is 13.1 Å². The van der Waals surface area contributed by atoms with Crippen LogP contribution in [0.5, 0.6) is 5.75 Å². The van der Waals surface area contributed by atoms with E-state index in [1.165, 1.54) is 6.07 Å². The Morgan fingerprint density at radius 3 is 1.95 bits per heavy atom. The highest BCUT2D eigenvalue weighted by atomic mass is 32.2. The minimum Gasteiger partial charge on any atom is -0.507 e. The lowest BCUT2D eigenvalue weighted by Crippen LogP contribution is -2.38. The van der Waals surface area contributed by atoms with Crippen LogP contribution in [0, 0.1) is 0 Å². The average Bonchev–Trinajstić information content (AvgIpc) is 2.94. The van der Waals surface area contributed by atoms with Gasteiger partial charge in [0.2, 0.25) is 5.91 Å². The molecular formula is C33H48N2O3S. The van der Waals surface area contributed by atoms with E-state index in [-0.39, 0.29) is 28.4 Å². The van der Waals surface area contributed by atoms with Gasteiger partial charge in [0.15, 0.2) is 0 Å². The Kier molecular flexibility index (Phi) is 21.0. The predicted octanol–water partition coefficient (Wildman–Crippen LogP) is 7.67. The molecule has 39 heavy (non-hydrogen) atoms. The minimum atomic E-state index is -0.351. The van der Waals surface area contributed by atoms with Crippen molar-refractivity contribution in [3.63, 3.8) is 0 Å². The van der Waals surface area contributed by atoms with Gasteiger partial charge in [-0.3, -0.25) is 9.59 Å². The quantitative estimate of drug-likeness (QED) is 0.108. The van der Waals surface area contributed by atoms with Gasteiger partial charge in [0.25, 0.3) is 5.91 Å². The molecule has 2 amide bonds. The van der Waals surface area contributed by atoms with E-state index in [9.17, 15) is 14.7 Å². The van der Waals surface area contributed by atoms with Crippen LogP contribution >= 0.6 is 11.8 Å². The van der Waals surface area contributed by atoms with E-state index in [0.717, 1.165) is 63.5 Å². The number of phenols is 1. The number of aromatic hydroxyl groups is 1. The summed E-state index contributed by atoms with van der Waals surface area (Å²) in [5, 5.41) is 15.3. The van der Waals surface area contributed by atoms with E-state index in [1.54, 1.807) is 30.0 Å². The molecule has 0 unspecified atom stereocenters. The lowest BCUT2D eigenvalue weighted by atomic mass is 10.2. The average molecular weight is 553 g/mol. The summed E-state index contributed by atoms with van der Waals surface area (Å²) in [6.45, 7) is 4.85. The van der Waals surface area contributed by atoms with Crippen molar-refractivity contribution < 1.29 is 14.7 Å². The fourth-order valence-corrected chi connectivity index (χ4v) is 4.70. The second kappa shape index (κ2) is 24.1. The number of hydrogen-bond acceptors (Lipinski definition) is 4. The number of carbonyl (C=O) groups excluding carboxylic acids is 2. The molecule has 0 aliphatic heterocycles. The van der Waals surface area contributed by atoms with Crippen molar-refractivity contribution in [2.45, 2.75) is 76.9 Å².